The highest BCUT2D eigenvalue weighted by Gasteiger charge is 2.11. The van der Waals surface area contributed by atoms with Gasteiger partial charge in [0, 0.05) is 19.5 Å². The summed E-state index contributed by atoms with van der Waals surface area (Å²) in [6.07, 6.45) is 1.14. The first kappa shape index (κ1) is 13.9. The van der Waals surface area contributed by atoms with Gasteiger partial charge in [-0.1, -0.05) is 18.3 Å². The highest BCUT2D eigenvalue weighted by Crippen LogP contribution is 2.14. The summed E-state index contributed by atoms with van der Waals surface area (Å²) in [5.74, 6) is -0.444. The Morgan fingerprint density at radius 2 is 2.06 bits per heavy atom. The Labute approximate surface area is 108 Å². The van der Waals surface area contributed by atoms with Crippen molar-refractivity contribution in [1.82, 2.24) is 20.8 Å². The van der Waals surface area contributed by atoms with E-state index in [0.717, 1.165) is 17.8 Å². The summed E-state index contributed by atoms with van der Waals surface area (Å²) in [5.41, 5.74) is 0. The van der Waals surface area contributed by atoms with Crippen LogP contribution in [0.25, 0.3) is 0 Å². The Hall–Kier alpha value is -1.21. The Morgan fingerprint density at radius 3 is 2.65 bits per heavy atom. The van der Waals surface area contributed by atoms with E-state index >= 15 is 0 Å². The number of carbonyl (C=O) groups excluding carboxylic acids is 2. The number of nitrogens with one attached hydrogen (secondary N) is 2. The largest absolute Gasteiger partial charge is 0.356 e. The normalized spacial score (nSPS) is 10.0. The van der Waals surface area contributed by atoms with E-state index < -0.39 is 0 Å². The fraction of sp³-hybridized carbons (Fsp3) is 0.556. The Morgan fingerprint density at radius 1 is 1.29 bits per heavy atom. The molecular weight excluding hydrogens is 264 g/mol. The molecule has 0 bridgehead atoms. The zero-order valence-corrected chi connectivity index (χ0v) is 10.9. The summed E-state index contributed by atoms with van der Waals surface area (Å²) >= 11 is 6.55. The van der Waals surface area contributed by atoms with E-state index in [1.807, 2.05) is 6.92 Å². The summed E-state index contributed by atoms with van der Waals surface area (Å²) in [5, 5.41) is 12.6. The van der Waals surface area contributed by atoms with Gasteiger partial charge in [0.15, 0.2) is 0 Å². The second kappa shape index (κ2) is 7.18. The molecule has 0 aromatic carbocycles. The maximum absolute atomic E-state index is 11.5. The van der Waals surface area contributed by atoms with Crippen LogP contribution in [0.4, 0.5) is 0 Å². The van der Waals surface area contributed by atoms with E-state index in [0.29, 0.717) is 6.54 Å². The third-order valence-corrected chi connectivity index (χ3v) is 2.82. The number of nitrogens with zero attached hydrogens (tertiary/aromatic N) is 2. The van der Waals surface area contributed by atoms with E-state index in [2.05, 4.69) is 20.8 Å². The molecule has 6 nitrogen and oxygen atoms in total. The molecule has 2 N–H and O–H groups in total. The molecule has 0 saturated heterocycles. The van der Waals surface area contributed by atoms with Crippen molar-refractivity contribution < 1.29 is 9.59 Å². The quantitative estimate of drug-likeness (QED) is 0.806. The van der Waals surface area contributed by atoms with E-state index in [1.54, 1.807) is 0 Å². The van der Waals surface area contributed by atoms with Crippen LogP contribution in [-0.4, -0.2) is 35.1 Å². The van der Waals surface area contributed by atoms with Crippen molar-refractivity contribution in [2.45, 2.75) is 19.8 Å². The van der Waals surface area contributed by atoms with Crippen molar-refractivity contribution in [1.29, 1.82) is 0 Å². The first-order chi connectivity index (χ1) is 8.13. The van der Waals surface area contributed by atoms with Gasteiger partial charge in [-0.25, -0.2) is 0 Å². The van der Waals surface area contributed by atoms with Gasteiger partial charge in [-0.3, -0.25) is 9.59 Å². The zero-order valence-electron chi connectivity index (χ0n) is 9.33. The molecule has 2 amide bonds. The number of hydrogen-bond donors (Lipinski definition) is 2. The van der Waals surface area contributed by atoms with Crippen LogP contribution in [0, 0.1) is 0 Å². The van der Waals surface area contributed by atoms with Crippen LogP contribution < -0.4 is 10.6 Å². The lowest BCUT2D eigenvalue weighted by atomic mass is 10.3. The first-order valence-corrected chi connectivity index (χ1v) is 6.36. The Kier molecular flexibility index (Phi) is 5.85. The number of amides is 2. The van der Waals surface area contributed by atoms with Gasteiger partial charge >= 0.3 is 0 Å². The number of rotatable bonds is 6. The summed E-state index contributed by atoms with van der Waals surface area (Å²) < 4.78 is 0.218. The van der Waals surface area contributed by atoms with E-state index in [9.17, 15) is 9.59 Å². The minimum atomic E-state index is -0.363. The SMILES string of the molecule is CCCNC(=O)CCNC(=O)c1nnc(Cl)s1. The topological polar surface area (TPSA) is 84.0 Å². The van der Waals surface area contributed by atoms with Gasteiger partial charge in [0.25, 0.3) is 5.91 Å². The number of hydrogen-bond acceptors (Lipinski definition) is 5. The van der Waals surface area contributed by atoms with Gasteiger partial charge in [0.05, 0.1) is 0 Å². The third-order valence-electron chi connectivity index (χ3n) is 1.80. The molecular formula is C9H13ClN4O2S. The van der Waals surface area contributed by atoms with Crippen LogP contribution >= 0.6 is 22.9 Å². The van der Waals surface area contributed by atoms with Crippen LogP contribution in [0.5, 0.6) is 0 Å². The van der Waals surface area contributed by atoms with Crippen molar-refractivity contribution in [2.24, 2.45) is 0 Å². The molecule has 0 spiro atoms. The smallest absolute Gasteiger partial charge is 0.282 e. The molecule has 0 saturated carbocycles. The fourth-order valence-corrected chi connectivity index (χ4v) is 1.76. The van der Waals surface area contributed by atoms with Gasteiger partial charge < -0.3 is 10.6 Å². The van der Waals surface area contributed by atoms with Gasteiger partial charge in [0.2, 0.25) is 15.4 Å². The minimum absolute atomic E-state index is 0.0811. The molecule has 8 heteroatoms. The lowest BCUT2D eigenvalue weighted by Crippen LogP contribution is -2.31. The Bertz CT molecular complexity index is 396. The molecule has 17 heavy (non-hydrogen) atoms. The van der Waals surface area contributed by atoms with Crippen LogP contribution in [-0.2, 0) is 4.79 Å². The second-order valence-corrected chi connectivity index (χ2v) is 4.78. The van der Waals surface area contributed by atoms with Crippen LogP contribution in [0.1, 0.15) is 29.6 Å². The Balaban J connectivity index is 2.23. The standard InChI is InChI=1S/C9H13ClN4O2S/c1-2-4-11-6(15)3-5-12-7(16)8-13-14-9(10)17-8/h2-5H2,1H3,(H,11,15)(H,12,16). The lowest BCUT2D eigenvalue weighted by Gasteiger charge is -2.03. The molecule has 1 rings (SSSR count). The lowest BCUT2D eigenvalue weighted by molar-refractivity contribution is -0.120. The van der Waals surface area contributed by atoms with Gasteiger partial charge in [-0.05, 0) is 18.0 Å². The molecule has 1 heterocycles. The van der Waals surface area contributed by atoms with Crippen LogP contribution in [0.2, 0.25) is 4.47 Å². The summed E-state index contributed by atoms with van der Waals surface area (Å²) in [4.78, 5) is 22.7. The van der Waals surface area contributed by atoms with Gasteiger partial charge in [-0.2, -0.15) is 0 Å². The van der Waals surface area contributed by atoms with Crippen molar-refractivity contribution in [2.75, 3.05) is 13.1 Å². The summed E-state index contributed by atoms with van der Waals surface area (Å²) in [6.45, 7) is 2.89. The highest BCUT2D eigenvalue weighted by atomic mass is 35.5. The van der Waals surface area contributed by atoms with Crippen molar-refractivity contribution in [3.8, 4) is 0 Å². The maximum Gasteiger partial charge on any atom is 0.282 e. The molecule has 0 fully saturated rings. The molecule has 0 atom stereocenters. The predicted octanol–water partition coefficient (Wildman–Crippen LogP) is 0.838. The molecule has 0 aliphatic carbocycles. The number of aromatic nitrogens is 2. The summed E-state index contributed by atoms with van der Waals surface area (Å²) in [6, 6.07) is 0. The van der Waals surface area contributed by atoms with Crippen molar-refractivity contribution >= 4 is 34.8 Å². The molecule has 94 valence electrons. The molecule has 0 unspecified atom stereocenters. The average Bonchev–Trinajstić information content (AvgIpc) is 2.73. The van der Waals surface area contributed by atoms with Crippen LogP contribution in [0.15, 0.2) is 0 Å². The van der Waals surface area contributed by atoms with E-state index in [-0.39, 0.29) is 34.3 Å². The van der Waals surface area contributed by atoms with Gasteiger partial charge in [-0.15, -0.1) is 10.2 Å². The zero-order chi connectivity index (χ0) is 12.7. The third kappa shape index (κ3) is 5.10. The minimum Gasteiger partial charge on any atom is -0.356 e. The van der Waals surface area contributed by atoms with Gasteiger partial charge in [0.1, 0.15) is 0 Å². The molecule has 0 aliphatic heterocycles. The fourth-order valence-electron chi connectivity index (χ4n) is 1.02. The molecule has 1 aromatic rings. The number of halogens is 1. The van der Waals surface area contributed by atoms with Crippen molar-refractivity contribution in [3.63, 3.8) is 0 Å². The maximum atomic E-state index is 11.5. The summed E-state index contributed by atoms with van der Waals surface area (Å²) in [7, 11) is 0. The second-order valence-electron chi connectivity index (χ2n) is 3.22. The molecule has 0 radical (unpaired) electrons. The number of carbonyl (C=O) groups is 2. The first-order valence-electron chi connectivity index (χ1n) is 5.17. The predicted molar refractivity (Wildman–Crippen MR) is 65.2 cm³/mol. The average molecular weight is 277 g/mol. The van der Waals surface area contributed by atoms with E-state index in [4.69, 9.17) is 11.6 Å². The monoisotopic (exact) mass is 276 g/mol. The molecule has 1 aromatic heterocycles. The van der Waals surface area contributed by atoms with E-state index in [1.165, 1.54) is 0 Å². The van der Waals surface area contributed by atoms with Crippen molar-refractivity contribution in [3.05, 3.63) is 9.47 Å². The highest BCUT2D eigenvalue weighted by molar-refractivity contribution is 7.17. The molecule has 0 aliphatic rings. The van der Waals surface area contributed by atoms with Crippen LogP contribution in [0.3, 0.4) is 0 Å².